The summed E-state index contributed by atoms with van der Waals surface area (Å²) in [5.74, 6) is 0.355. The molecule has 25 heavy (non-hydrogen) atoms. The number of H-pyrrole nitrogens is 1. The Morgan fingerprint density at radius 2 is 1.84 bits per heavy atom. The molecule has 1 amide bonds. The van der Waals surface area contributed by atoms with Gasteiger partial charge in [0.2, 0.25) is 10.0 Å². The molecule has 3 rings (SSSR count). The number of hydrogen-bond donors (Lipinski definition) is 3. The molecule has 0 fully saturated rings. The number of nitrogens with one attached hydrogen (secondary N) is 3. The Kier molecular flexibility index (Phi) is 4.82. The number of nitrogens with zero attached hydrogens (tertiary/aromatic N) is 1. The van der Waals surface area contributed by atoms with E-state index in [1.807, 2.05) is 24.3 Å². The number of rotatable bonds is 6. The Bertz CT molecular complexity index is 961. The van der Waals surface area contributed by atoms with Gasteiger partial charge in [-0.05, 0) is 36.4 Å². The number of aromatic amines is 1. The first-order valence-electron chi connectivity index (χ1n) is 7.81. The third kappa shape index (κ3) is 3.86. The van der Waals surface area contributed by atoms with Crippen LogP contribution in [0.4, 0.5) is 0 Å². The second kappa shape index (κ2) is 7.04. The number of aromatic nitrogens is 2. The molecule has 0 aliphatic carbocycles. The monoisotopic (exact) mass is 358 g/mol. The van der Waals surface area contributed by atoms with E-state index >= 15 is 0 Å². The second-order valence-corrected chi connectivity index (χ2v) is 7.18. The van der Waals surface area contributed by atoms with Gasteiger partial charge in [0.15, 0.2) is 0 Å². The normalized spacial score (nSPS) is 11.6. The number of amides is 1. The highest BCUT2D eigenvalue weighted by atomic mass is 32.2. The summed E-state index contributed by atoms with van der Waals surface area (Å²) in [5, 5.41) is 2.76. The first-order chi connectivity index (χ1) is 12.0. The summed E-state index contributed by atoms with van der Waals surface area (Å²) in [6.07, 6.45) is 0. The van der Waals surface area contributed by atoms with E-state index in [4.69, 9.17) is 0 Å². The van der Waals surface area contributed by atoms with Crippen LogP contribution >= 0.6 is 0 Å². The zero-order valence-electron chi connectivity index (χ0n) is 13.6. The number of para-hydroxylation sites is 2. The fourth-order valence-electron chi connectivity index (χ4n) is 2.41. The SMILES string of the molecule is CCNS(=O)(=O)c1ccc(C(=O)NCc2nc3ccccc3[nH]2)cc1. The second-order valence-electron chi connectivity index (χ2n) is 5.41. The highest BCUT2D eigenvalue weighted by molar-refractivity contribution is 7.89. The van der Waals surface area contributed by atoms with E-state index in [-0.39, 0.29) is 17.3 Å². The van der Waals surface area contributed by atoms with E-state index in [0.717, 1.165) is 11.0 Å². The molecule has 0 unspecified atom stereocenters. The molecule has 3 aromatic rings. The molecular formula is C17H18N4O3S. The van der Waals surface area contributed by atoms with Crippen molar-refractivity contribution in [1.29, 1.82) is 0 Å². The average molecular weight is 358 g/mol. The summed E-state index contributed by atoms with van der Waals surface area (Å²) in [5.41, 5.74) is 2.13. The van der Waals surface area contributed by atoms with Crippen LogP contribution in [0.1, 0.15) is 23.1 Å². The molecule has 7 nitrogen and oxygen atoms in total. The van der Waals surface area contributed by atoms with Gasteiger partial charge in [0.1, 0.15) is 5.82 Å². The smallest absolute Gasteiger partial charge is 0.251 e. The van der Waals surface area contributed by atoms with Gasteiger partial charge in [-0.25, -0.2) is 18.1 Å². The first-order valence-corrected chi connectivity index (χ1v) is 9.29. The number of fused-ring (bicyclic) bond motifs is 1. The molecule has 1 heterocycles. The largest absolute Gasteiger partial charge is 0.345 e. The average Bonchev–Trinajstić information content (AvgIpc) is 3.02. The van der Waals surface area contributed by atoms with Crippen LogP contribution in [0.3, 0.4) is 0 Å². The number of carbonyl (C=O) groups is 1. The lowest BCUT2D eigenvalue weighted by Crippen LogP contribution is -2.24. The highest BCUT2D eigenvalue weighted by Gasteiger charge is 2.14. The topological polar surface area (TPSA) is 104 Å². The summed E-state index contributed by atoms with van der Waals surface area (Å²) >= 11 is 0. The van der Waals surface area contributed by atoms with Crippen LogP contribution in [0.2, 0.25) is 0 Å². The van der Waals surface area contributed by atoms with Crippen LogP contribution < -0.4 is 10.0 Å². The Morgan fingerprint density at radius 3 is 2.52 bits per heavy atom. The zero-order chi connectivity index (χ0) is 17.9. The van der Waals surface area contributed by atoms with Crippen LogP contribution in [0, 0.1) is 0 Å². The number of carbonyl (C=O) groups excluding carboxylic acids is 1. The maximum atomic E-state index is 12.2. The van der Waals surface area contributed by atoms with Crippen LogP contribution in [-0.4, -0.2) is 30.8 Å². The van der Waals surface area contributed by atoms with Crippen molar-refractivity contribution < 1.29 is 13.2 Å². The molecule has 8 heteroatoms. The van der Waals surface area contributed by atoms with Gasteiger partial charge < -0.3 is 10.3 Å². The predicted octanol–water partition coefficient (Wildman–Crippen LogP) is 1.79. The van der Waals surface area contributed by atoms with E-state index in [1.165, 1.54) is 24.3 Å². The van der Waals surface area contributed by atoms with Crippen molar-refractivity contribution in [3.05, 3.63) is 59.9 Å². The molecule has 0 saturated heterocycles. The van der Waals surface area contributed by atoms with Crippen LogP contribution in [0.15, 0.2) is 53.4 Å². The van der Waals surface area contributed by atoms with Crippen molar-refractivity contribution in [3.8, 4) is 0 Å². The van der Waals surface area contributed by atoms with Crippen LogP contribution in [0.25, 0.3) is 11.0 Å². The van der Waals surface area contributed by atoms with Crippen molar-refractivity contribution >= 4 is 27.0 Å². The molecule has 0 aliphatic heterocycles. The van der Waals surface area contributed by atoms with Gasteiger partial charge in [-0.3, -0.25) is 4.79 Å². The van der Waals surface area contributed by atoms with E-state index < -0.39 is 10.0 Å². The standard InChI is InChI=1S/C17H18N4O3S/c1-2-19-25(23,24)13-9-7-12(8-10-13)17(22)18-11-16-20-14-5-3-4-6-15(14)21-16/h3-10,19H,2,11H2,1H3,(H,18,22)(H,20,21). The van der Waals surface area contributed by atoms with Crippen molar-refractivity contribution in [2.75, 3.05) is 6.54 Å². The van der Waals surface area contributed by atoms with Crippen molar-refractivity contribution in [1.82, 2.24) is 20.0 Å². The zero-order valence-corrected chi connectivity index (χ0v) is 14.4. The molecule has 3 N–H and O–H groups in total. The molecule has 0 spiro atoms. The Balaban J connectivity index is 1.67. The Morgan fingerprint density at radius 1 is 1.12 bits per heavy atom. The maximum absolute atomic E-state index is 12.2. The Hall–Kier alpha value is -2.71. The van der Waals surface area contributed by atoms with Crippen molar-refractivity contribution in [2.24, 2.45) is 0 Å². The summed E-state index contributed by atoms with van der Waals surface area (Å²) < 4.78 is 26.2. The van der Waals surface area contributed by atoms with Crippen molar-refractivity contribution in [3.63, 3.8) is 0 Å². The van der Waals surface area contributed by atoms with Gasteiger partial charge in [0.25, 0.3) is 5.91 Å². The van der Waals surface area contributed by atoms with Gasteiger partial charge in [0.05, 0.1) is 22.5 Å². The number of hydrogen-bond acceptors (Lipinski definition) is 4. The van der Waals surface area contributed by atoms with E-state index in [0.29, 0.717) is 17.9 Å². The number of imidazole rings is 1. The van der Waals surface area contributed by atoms with E-state index in [1.54, 1.807) is 6.92 Å². The summed E-state index contributed by atoms with van der Waals surface area (Å²) in [4.78, 5) is 19.8. The summed E-state index contributed by atoms with van der Waals surface area (Å²) in [7, 11) is -3.52. The predicted molar refractivity (Wildman–Crippen MR) is 94.6 cm³/mol. The number of benzene rings is 2. The van der Waals surface area contributed by atoms with Gasteiger partial charge in [-0.2, -0.15) is 0 Å². The minimum atomic E-state index is -3.52. The molecule has 2 aromatic carbocycles. The minimum Gasteiger partial charge on any atom is -0.345 e. The number of sulfonamides is 1. The Labute approximate surface area is 145 Å². The van der Waals surface area contributed by atoms with E-state index in [9.17, 15) is 13.2 Å². The molecule has 0 atom stereocenters. The summed E-state index contributed by atoms with van der Waals surface area (Å²) in [6, 6.07) is 13.4. The van der Waals surface area contributed by atoms with Crippen LogP contribution in [-0.2, 0) is 16.6 Å². The fourth-order valence-corrected chi connectivity index (χ4v) is 3.46. The van der Waals surface area contributed by atoms with Crippen molar-refractivity contribution in [2.45, 2.75) is 18.4 Å². The fraction of sp³-hybridized carbons (Fsp3) is 0.176. The van der Waals surface area contributed by atoms with E-state index in [2.05, 4.69) is 20.0 Å². The third-order valence-corrected chi connectivity index (χ3v) is 5.18. The molecule has 1 aromatic heterocycles. The lowest BCUT2D eigenvalue weighted by molar-refractivity contribution is 0.0950. The molecule has 0 aliphatic rings. The minimum absolute atomic E-state index is 0.128. The lowest BCUT2D eigenvalue weighted by Gasteiger charge is -2.06. The third-order valence-electron chi connectivity index (χ3n) is 3.62. The molecule has 130 valence electrons. The maximum Gasteiger partial charge on any atom is 0.251 e. The van der Waals surface area contributed by atoms with Gasteiger partial charge in [0, 0.05) is 12.1 Å². The molecule has 0 radical (unpaired) electrons. The van der Waals surface area contributed by atoms with Gasteiger partial charge >= 0.3 is 0 Å². The van der Waals surface area contributed by atoms with Gasteiger partial charge in [-0.1, -0.05) is 19.1 Å². The van der Waals surface area contributed by atoms with Crippen LogP contribution in [0.5, 0.6) is 0 Å². The summed E-state index contributed by atoms with van der Waals surface area (Å²) in [6.45, 7) is 2.27. The quantitative estimate of drug-likeness (QED) is 0.625. The lowest BCUT2D eigenvalue weighted by atomic mass is 10.2. The van der Waals surface area contributed by atoms with Gasteiger partial charge in [-0.15, -0.1) is 0 Å². The first kappa shape index (κ1) is 17.1. The molecule has 0 saturated carbocycles. The molecule has 0 bridgehead atoms. The molecular weight excluding hydrogens is 340 g/mol. The highest BCUT2D eigenvalue weighted by Crippen LogP contribution is 2.12.